The summed E-state index contributed by atoms with van der Waals surface area (Å²) in [4.78, 5) is 22.2. The van der Waals surface area contributed by atoms with Crippen molar-refractivity contribution in [3.05, 3.63) is 58.6 Å². The predicted molar refractivity (Wildman–Crippen MR) is 101 cm³/mol. The summed E-state index contributed by atoms with van der Waals surface area (Å²) in [5, 5.41) is 0. The second-order valence-electron chi connectivity index (χ2n) is 5.98. The zero-order chi connectivity index (χ0) is 18.4. The third-order valence-electron chi connectivity index (χ3n) is 3.72. The van der Waals surface area contributed by atoms with Gasteiger partial charge >= 0.3 is 6.03 Å². The molecule has 1 aromatic carbocycles. The van der Waals surface area contributed by atoms with Gasteiger partial charge in [0.15, 0.2) is 0 Å². The molecule has 7 heteroatoms. The molecule has 0 saturated heterocycles. The summed E-state index contributed by atoms with van der Waals surface area (Å²) < 4.78 is 14.8. The van der Waals surface area contributed by atoms with Crippen molar-refractivity contribution in [3.63, 3.8) is 0 Å². The summed E-state index contributed by atoms with van der Waals surface area (Å²) in [6.45, 7) is 1.59. The van der Waals surface area contributed by atoms with Gasteiger partial charge in [-0.05, 0) is 44.4 Å². The maximum atomic E-state index is 14.2. The lowest BCUT2D eigenvalue weighted by Gasteiger charge is -2.29. The Hall–Kier alpha value is -1.99. The molecule has 0 aliphatic rings. The van der Waals surface area contributed by atoms with Crippen LogP contribution < -0.4 is 4.90 Å². The molecule has 25 heavy (non-hydrogen) atoms. The van der Waals surface area contributed by atoms with Gasteiger partial charge in [-0.2, -0.15) is 0 Å². The van der Waals surface area contributed by atoms with E-state index in [1.165, 1.54) is 11.0 Å². The Labute approximate surface area is 156 Å². The number of likely N-dealkylation sites (N-methyl/N-ethyl adjacent to an activating group) is 1. The van der Waals surface area contributed by atoms with Crippen LogP contribution in [0.1, 0.15) is 5.69 Å². The van der Waals surface area contributed by atoms with Gasteiger partial charge < -0.3 is 9.80 Å². The molecule has 0 aliphatic carbocycles. The fourth-order valence-electron chi connectivity index (χ4n) is 2.32. The number of hydrogen-bond donors (Lipinski definition) is 0. The number of carbonyl (C=O) groups is 1. The number of anilines is 1. The first-order valence-corrected chi connectivity index (χ1v) is 8.70. The summed E-state index contributed by atoms with van der Waals surface area (Å²) in [5.74, 6) is -0.448. The standard InChI is InChI=1S/C18H22BrFN4O/c1-22(2)10-11-24(13-15-6-4-5-9-21-15)18(25)23(3)17-8-7-14(19)12-16(17)20/h4-9,12H,10-11,13H2,1-3H3. The third kappa shape index (κ3) is 5.51. The summed E-state index contributed by atoms with van der Waals surface area (Å²) in [5.41, 5.74) is 1.03. The summed E-state index contributed by atoms with van der Waals surface area (Å²) in [7, 11) is 5.47. The number of rotatable bonds is 6. The number of pyridine rings is 1. The Morgan fingerprint density at radius 3 is 2.52 bits per heavy atom. The zero-order valence-electron chi connectivity index (χ0n) is 14.6. The van der Waals surface area contributed by atoms with Crippen LogP contribution in [-0.4, -0.2) is 55.0 Å². The largest absolute Gasteiger partial charge is 0.324 e. The topological polar surface area (TPSA) is 39.7 Å². The van der Waals surface area contributed by atoms with E-state index < -0.39 is 5.82 Å². The average Bonchev–Trinajstić information content (AvgIpc) is 2.58. The highest BCUT2D eigenvalue weighted by atomic mass is 79.9. The average molecular weight is 409 g/mol. The number of urea groups is 1. The summed E-state index contributed by atoms with van der Waals surface area (Å²) in [6, 6.07) is 9.97. The van der Waals surface area contributed by atoms with E-state index in [2.05, 4.69) is 20.9 Å². The fraction of sp³-hybridized carbons (Fsp3) is 0.333. The van der Waals surface area contributed by atoms with Crippen molar-refractivity contribution < 1.29 is 9.18 Å². The van der Waals surface area contributed by atoms with E-state index in [1.807, 2.05) is 37.2 Å². The highest BCUT2D eigenvalue weighted by molar-refractivity contribution is 9.10. The van der Waals surface area contributed by atoms with Gasteiger partial charge in [-0.3, -0.25) is 9.88 Å². The quantitative estimate of drug-likeness (QED) is 0.732. The summed E-state index contributed by atoms with van der Waals surface area (Å²) in [6.07, 6.45) is 1.70. The van der Waals surface area contributed by atoms with Gasteiger partial charge in [-0.1, -0.05) is 22.0 Å². The van der Waals surface area contributed by atoms with Crippen molar-refractivity contribution in [1.82, 2.24) is 14.8 Å². The van der Waals surface area contributed by atoms with Crippen molar-refractivity contribution in [2.45, 2.75) is 6.54 Å². The number of benzene rings is 1. The SMILES string of the molecule is CN(C)CCN(Cc1ccccn1)C(=O)N(C)c1ccc(Br)cc1F. The highest BCUT2D eigenvalue weighted by Crippen LogP contribution is 2.23. The Kier molecular flexibility index (Phi) is 6.90. The lowest BCUT2D eigenvalue weighted by Crippen LogP contribution is -2.44. The van der Waals surface area contributed by atoms with E-state index in [0.717, 1.165) is 5.69 Å². The molecule has 1 aromatic heterocycles. The van der Waals surface area contributed by atoms with Crippen LogP contribution in [0.2, 0.25) is 0 Å². The molecule has 0 fully saturated rings. The molecule has 1 heterocycles. The molecular formula is C18H22BrFN4O. The Balaban J connectivity index is 2.20. The fourth-order valence-corrected chi connectivity index (χ4v) is 2.65. The van der Waals surface area contributed by atoms with Crippen molar-refractivity contribution in [2.75, 3.05) is 39.1 Å². The summed E-state index contributed by atoms with van der Waals surface area (Å²) >= 11 is 3.23. The number of amides is 2. The maximum absolute atomic E-state index is 14.2. The first kappa shape index (κ1) is 19.3. The Bertz CT molecular complexity index is 711. The Morgan fingerprint density at radius 1 is 1.16 bits per heavy atom. The van der Waals surface area contributed by atoms with E-state index >= 15 is 0 Å². The van der Waals surface area contributed by atoms with Crippen LogP contribution in [0.25, 0.3) is 0 Å². The number of carbonyl (C=O) groups excluding carboxylic acids is 1. The van der Waals surface area contributed by atoms with E-state index in [1.54, 1.807) is 30.3 Å². The van der Waals surface area contributed by atoms with Crippen LogP contribution in [0.15, 0.2) is 47.1 Å². The molecule has 134 valence electrons. The van der Waals surface area contributed by atoms with Gasteiger partial charge in [-0.25, -0.2) is 9.18 Å². The van der Waals surface area contributed by atoms with Crippen molar-refractivity contribution >= 4 is 27.6 Å². The minimum Gasteiger partial charge on any atom is -0.317 e. The monoisotopic (exact) mass is 408 g/mol. The van der Waals surface area contributed by atoms with Crippen LogP contribution in [0, 0.1) is 5.82 Å². The predicted octanol–water partition coefficient (Wildman–Crippen LogP) is 3.60. The van der Waals surface area contributed by atoms with Crippen molar-refractivity contribution in [3.8, 4) is 0 Å². The van der Waals surface area contributed by atoms with Gasteiger partial charge in [0.05, 0.1) is 17.9 Å². The third-order valence-corrected chi connectivity index (χ3v) is 4.22. The number of halogens is 2. The molecule has 0 N–H and O–H groups in total. The molecule has 2 aromatic rings. The van der Waals surface area contributed by atoms with E-state index in [9.17, 15) is 9.18 Å². The van der Waals surface area contributed by atoms with Gasteiger partial charge in [0.25, 0.3) is 0 Å². The molecule has 2 rings (SSSR count). The first-order valence-electron chi connectivity index (χ1n) is 7.91. The number of nitrogens with zero attached hydrogens (tertiary/aromatic N) is 4. The van der Waals surface area contributed by atoms with Crippen molar-refractivity contribution in [1.29, 1.82) is 0 Å². The maximum Gasteiger partial charge on any atom is 0.324 e. The second-order valence-corrected chi connectivity index (χ2v) is 6.90. The lowest BCUT2D eigenvalue weighted by atomic mass is 10.3. The minimum absolute atomic E-state index is 0.240. The molecule has 0 saturated carbocycles. The molecular weight excluding hydrogens is 387 g/mol. The molecule has 0 bridgehead atoms. The van der Waals surface area contributed by atoms with E-state index in [0.29, 0.717) is 24.1 Å². The van der Waals surface area contributed by atoms with E-state index in [-0.39, 0.29) is 11.7 Å². The van der Waals surface area contributed by atoms with Crippen molar-refractivity contribution in [2.24, 2.45) is 0 Å². The molecule has 2 amide bonds. The second kappa shape index (κ2) is 8.92. The van der Waals surface area contributed by atoms with Crippen LogP contribution in [-0.2, 0) is 6.54 Å². The molecule has 0 atom stereocenters. The van der Waals surface area contributed by atoms with Gasteiger partial charge in [0, 0.05) is 30.8 Å². The highest BCUT2D eigenvalue weighted by Gasteiger charge is 2.22. The molecule has 0 spiro atoms. The zero-order valence-corrected chi connectivity index (χ0v) is 16.2. The number of aromatic nitrogens is 1. The smallest absolute Gasteiger partial charge is 0.317 e. The van der Waals surface area contributed by atoms with Crippen LogP contribution >= 0.6 is 15.9 Å². The van der Waals surface area contributed by atoms with Crippen LogP contribution in [0.5, 0.6) is 0 Å². The van der Waals surface area contributed by atoms with Gasteiger partial charge in [0.1, 0.15) is 5.82 Å². The van der Waals surface area contributed by atoms with Gasteiger partial charge in [-0.15, -0.1) is 0 Å². The number of hydrogen-bond acceptors (Lipinski definition) is 3. The van der Waals surface area contributed by atoms with E-state index in [4.69, 9.17) is 0 Å². The lowest BCUT2D eigenvalue weighted by molar-refractivity contribution is 0.195. The molecule has 0 aliphatic heterocycles. The van der Waals surface area contributed by atoms with Crippen LogP contribution in [0.3, 0.4) is 0 Å². The Morgan fingerprint density at radius 2 is 1.92 bits per heavy atom. The first-order chi connectivity index (χ1) is 11.9. The normalized spacial score (nSPS) is 10.8. The molecule has 0 radical (unpaired) electrons. The molecule has 5 nitrogen and oxygen atoms in total. The minimum atomic E-state index is -0.448. The van der Waals surface area contributed by atoms with Gasteiger partial charge in [0.2, 0.25) is 0 Å². The van der Waals surface area contributed by atoms with Crippen LogP contribution in [0.4, 0.5) is 14.9 Å². The molecule has 0 unspecified atom stereocenters.